The molecule has 0 aliphatic carbocycles. The lowest BCUT2D eigenvalue weighted by Gasteiger charge is -2.22. The monoisotopic (exact) mass is 600 g/mol. The summed E-state index contributed by atoms with van der Waals surface area (Å²) in [6, 6.07) is 20.8. The Kier molecular flexibility index (Phi) is 10.2. The highest BCUT2D eigenvalue weighted by atomic mass is 35.5. The fraction of sp³-hybridized carbons (Fsp3) is 0.241. The molecule has 0 spiro atoms. The van der Waals surface area contributed by atoms with E-state index < -0.39 is 15.9 Å². The average molecular weight is 602 g/mol. The van der Waals surface area contributed by atoms with Crippen molar-refractivity contribution < 1.29 is 17.9 Å². The maximum atomic E-state index is 13.6. The zero-order chi connectivity index (χ0) is 28.5. The van der Waals surface area contributed by atoms with Crippen LogP contribution in [-0.4, -0.2) is 49.9 Å². The number of hydrogen-bond acceptors (Lipinski definition) is 6. The van der Waals surface area contributed by atoms with E-state index in [9.17, 15) is 13.2 Å². The van der Waals surface area contributed by atoms with Gasteiger partial charge in [-0.2, -0.15) is 4.31 Å². The van der Waals surface area contributed by atoms with E-state index in [2.05, 4.69) is 15.6 Å². The van der Waals surface area contributed by atoms with Crippen LogP contribution in [0.3, 0.4) is 0 Å². The number of nitrogens with zero attached hydrogens (tertiary/aromatic N) is 2. The summed E-state index contributed by atoms with van der Waals surface area (Å²) in [5.74, 6) is -0.00631. The van der Waals surface area contributed by atoms with Crippen molar-refractivity contribution in [3.8, 4) is 5.75 Å². The van der Waals surface area contributed by atoms with Gasteiger partial charge in [0.05, 0.1) is 28.6 Å². The van der Waals surface area contributed by atoms with Crippen molar-refractivity contribution >= 4 is 55.7 Å². The van der Waals surface area contributed by atoms with Crippen LogP contribution < -0.4 is 15.4 Å². The summed E-state index contributed by atoms with van der Waals surface area (Å²) < 4.78 is 33.7. The Hall–Kier alpha value is -3.37. The van der Waals surface area contributed by atoms with Gasteiger partial charge in [-0.15, -0.1) is 0 Å². The number of hydrogen-bond donors (Lipinski definition) is 2. The zero-order valence-electron chi connectivity index (χ0n) is 21.9. The first-order valence-electron chi connectivity index (χ1n) is 12.8. The SMILES string of the molecule is CCOc1ccc(S(=O)(=O)N(CC(=O)NCCCNc2ccnc3cc(Cl)ccc23)Cc2ccccc2)cc1Cl. The van der Waals surface area contributed by atoms with Crippen LogP contribution in [0.15, 0.2) is 83.9 Å². The molecular formula is C29H30Cl2N4O4S. The molecule has 0 aliphatic rings. The maximum absolute atomic E-state index is 13.6. The Morgan fingerprint density at radius 3 is 2.55 bits per heavy atom. The number of ether oxygens (including phenoxy) is 1. The molecule has 4 rings (SSSR count). The highest BCUT2D eigenvalue weighted by molar-refractivity contribution is 7.89. The molecule has 2 N–H and O–H groups in total. The third-order valence-corrected chi connectivity index (χ3v) is 8.38. The standard InChI is InChI=1S/C29H30Cl2N4O4S/c1-2-39-28-12-10-23(18-25(28)31)40(37,38)35(19-21-7-4-3-5-8-21)20-29(36)34-15-6-14-32-26-13-16-33-27-17-22(30)9-11-24(26)27/h3-5,7-13,16-18H,2,6,14-15,19-20H2,1H3,(H,32,33)(H,34,36). The number of carbonyl (C=O) groups excluding carboxylic acids is 1. The van der Waals surface area contributed by atoms with E-state index in [0.717, 1.165) is 26.5 Å². The first-order chi connectivity index (χ1) is 19.3. The number of halogens is 2. The summed E-state index contributed by atoms with van der Waals surface area (Å²) in [6.45, 7) is 2.87. The van der Waals surface area contributed by atoms with Crippen LogP contribution in [0.4, 0.5) is 5.69 Å². The van der Waals surface area contributed by atoms with Gasteiger partial charge in [-0.05, 0) is 61.4 Å². The second-order valence-corrected chi connectivity index (χ2v) is 11.7. The average Bonchev–Trinajstić information content (AvgIpc) is 2.94. The van der Waals surface area contributed by atoms with Gasteiger partial charge in [-0.1, -0.05) is 53.5 Å². The molecule has 210 valence electrons. The Morgan fingerprint density at radius 1 is 1.00 bits per heavy atom. The summed E-state index contributed by atoms with van der Waals surface area (Å²) in [4.78, 5) is 17.2. The summed E-state index contributed by atoms with van der Waals surface area (Å²) >= 11 is 12.3. The molecule has 0 saturated carbocycles. The van der Waals surface area contributed by atoms with Crippen LogP contribution in [0.25, 0.3) is 10.9 Å². The van der Waals surface area contributed by atoms with Crippen molar-refractivity contribution in [2.45, 2.75) is 24.8 Å². The molecule has 1 aromatic heterocycles. The highest BCUT2D eigenvalue weighted by Crippen LogP contribution is 2.29. The van der Waals surface area contributed by atoms with Crippen molar-refractivity contribution in [2.24, 2.45) is 0 Å². The number of nitrogens with one attached hydrogen (secondary N) is 2. The number of anilines is 1. The second-order valence-electron chi connectivity index (χ2n) is 8.93. The summed E-state index contributed by atoms with van der Waals surface area (Å²) in [5.41, 5.74) is 2.47. The van der Waals surface area contributed by atoms with Gasteiger partial charge in [0.1, 0.15) is 5.75 Å². The third kappa shape index (κ3) is 7.63. The van der Waals surface area contributed by atoms with Gasteiger partial charge >= 0.3 is 0 Å². The van der Waals surface area contributed by atoms with Crippen LogP contribution in [0.5, 0.6) is 5.75 Å². The van der Waals surface area contributed by atoms with Crippen LogP contribution in [-0.2, 0) is 21.4 Å². The predicted octanol–water partition coefficient (Wildman–Crippen LogP) is 5.75. The molecular weight excluding hydrogens is 571 g/mol. The molecule has 0 bridgehead atoms. The molecule has 0 aliphatic heterocycles. The van der Waals surface area contributed by atoms with Gasteiger partial charge in [0.2, 0.25) is 15.9 Å². The van der Waals surface area contributed by atoms with Crippen molar-refractivity contribution in [1.29, 1.82) is 0 Å². The third-order valence-electron chi connectivity index (χ3n) is 6.06. The molecule has 0 unspecified atom stereocenters. The fourth-order valence-corrected chi connectivity index (χ4v) is 5.98. The lowest BCUT2D eigenvalue weighted by atomic mass is 10.2. The summed E-state index contributed by atoms with van der Waals surface area (Å²) in [6.07, 6.45) is 2.34. The number of rotatable bonds is 13. The minimum Gasteiger partial charge on any atom is -0.492 e. The quantitative estimate of drug-likeness (QED) is 0.189. The van der Waals surface area contributed by atoms with Gasteiger partial charge in [0, 0.05) is 41.9 Å². The largest absolute Gasteiger partial charge is 0.492 e. The van der Waals surface area contributed by atoms with E-state index in [-0.39, 0.29) is 23.0 Å². The topological polar surface area (TPSA) is 101 Å². The van der Waals surface area contributed by atoms with E-state index in [1.54, 1.807) is 12.3 Å². The highest BCUT2D eigenvalue weighted by Gasteiger charge is 2.27. The normalized spacial score (nSPS) is 11.5. The summed E-state index contributed by atoms with van der Waals surface area (Å²) in [7, 11) is -4.04. The second kappa shape index (κ2) is 13.8. The van der Waals surface area contributed by atoms with Crippen molar-refractivity contribution in [3.63, 3.8) is 0 Å². The van der Waals surface area contributed by atoms with Crippen LogP contribution in [0.2, 0.25) is 10.0 Å². The molecule has 0 atom stereocenters. The number of fused-ring (bicyclic) bond motifs is 1. The molecule has 11 heteroatoms. The number of benzene rings is 3. The maximum Gasteiger partial charge on any atom is 0.243 e. The van der Waals surface area contributed by atoms with E-state index in [1.807, 2.05) is 55.5 Å². The Labute approximate surface area is 244 Å². The van der Waals surface area contributed by atoms with E-state index in [0.29, 0.717) is 36.9 Å². The molecule has 0 radical (unpaired) electrons. The molecule has 1 heterocycles. The number of carbonyl (C=O) groups is 1. The first kappa shape index (κ1) is 29.6. The molecule has 0 fully saturated rings. The van der Waals surface area contributed by atoms with E-state index in [1.165, 1.54) is 18.2 Å². The van der Waals surface area contributed by atoms with Gasteiger partial charge in [0.25, 0.3) is 0 Å². The number of pyridine rings is 1. The Bertz CT molecular complexity index is 1570. The van der Waals surface area contributed by atoms with Crippen molar-refractivity contribution in [3.05, 3.63) is 94.6 Å². The molecule has 1 amide bonds. The van der Waals surface area contributed by atoms with Crippen molar-refractivity contribution in [2.75, 3.05) is 31.6 Å². The van der Waals surface area contributed by atoms with Gasteiger partial charge in [-0.3, -0.25) is 9.78 Å². The van der Waals surface area contributed by atoms with Gasteiger partial charge in [-0.25, -0.2) is 8.42 Å². The number of aromatic nitrogens is 1. The smallest absolute Gasteiger partial charge is 0.243 e. The van der Waals surface area contributed by atoms with Crippen LogP contribution in [0.1, 0.15) is 18.9 Å². The summed E-state index contributed by atoms with van der Waals surface area (Å²) in [5, 5.41) is 7.94. The lowest BCUT2D eigenvalue weighted by Crippen LogP contribution is -2.40. The van der Waals surface area contributed by atoms with Crippen molar-refractivity contribution in [1.82, 2.24) is 14.6 Å². The van der Waals surface area contributed by atoms with Gasteiger partial charge in [0.15, 0.2) is 0 Å². The minimum atomic E-state index is -4.04. The Balaban J connectivity index is 1.38. The molecule has 0 saturated heterocycles. The molecule has 4 aromatic rings. The van der Waals surface area contributed by atoms with E-state index in [4.69, 9.17) is 27.9 Å². The van der Waals surface area contributed by atoms with Gasteiger partial charge < -0.3 is 15.4 Å². The zero-order valence-corrected chi connectivity index (χ0v) is 24.3. The molecule has 3 aromatic carbocycles. The Morgan fingerprint density at radius 2 is 1.80 bits per heavy atom. The number of sulfonamides is 1. The molecule has 8 nitrogen and oxygen atoms in total. The van der Waals surface area contributed by atoms with Crippen LogP contribution >= 0.6 is 23.2 Å². The lowest BCUT2D eigenvalue weighted by molar-refractivity contribution is -0.121. The fourth-order valence-electron chi connectivity index (χ4n) is 4.11. The first-order valence-corrected chi connectivity index (χ1v) is 15.0. The predicted molar refractivity (Wildman–Crippen MR) is 160 cm³/mol. The number of amides is 1. The van der Waals surface area contributed by atoms with Crippen LogP contribution in [0, 0.1) is 0 Å². The molecule has 40 heavy (non-hydrogen) atoms. The minimum absolute atomic E-state index is 0.0141. The van der Waals surface area contributed by atoms with E-state index >= 15 is 0 Å².